The van der Waals surface area contributed by atoms with Gasteiger partial charge in [0.05, 0.1) is 6.04 Å². The molecule has 0 saturated heterocycles. The molecule has 5 nitrogen and oxygen atoms in total. The molecular formula is C9H9N5S. The Balaban J connectivity index is 1.88. The zero-order valence-corrected chi connectivity index (χ0v) is 8.68. The van der Waals surface area contributed by atoms with Crippen molar-refractivity contribution in [2.75, 3.05) is 11.2 Å². The minimum atomic E-state index is 0.271. The fourth-order valence-corrected chi connectivity index (χ4v) is 2.45. The van der Waals surface area contributed by atoms with Crippen LogP contribution in [-0.4, -0.2) is 25.6 Å². The number of pyridine rings is 1. The second kappa shape index (κ2) is 3.54. The Kier molecular flexibility index (Phi) is 2.06. The van der Waals surface area contributed by atoms with Gasteiger partial charge < -0.3 is 5.43 Å². The second-order valence-electron chi connectivity index (χ2n) is 3.26. The fourth-order valence-electron chi connectivity index (χ4n) is 1.53. The number of thioether (sulfide) groups is 1. The molecule has 1 aliphatic rings. The topological polar surface area (TPSA) is 55.6 Å². The summed E-state index contributed by atoms with van der Waals surface area (Å²) >= 11 is 1.70. The van der Waals surface area contributed by atoms with E-state index in [4.69, 9.17) is 0 Å². The summed E-state index contributed by atoms with van der Waals surface area (Å²) in [4.78, 5) is 4.11. The summed E-state index contributed by atoms with van der Waals surface area (Å²) in [6.45, 7) is 0. The van der Waals surface area contributed by atoms with Crippen molar-refractivity contribution in [3.8, 4) is 0 Å². The largest absolute Gasteiger partial charge is 0.314 e. The third-order valence-electron chi connectivity index (χ3n) is 2.28. The zero-order valence-electron chi connectivity index (χ0n) is 7.87. The highest BCUT2D eigenvalue weighted by atomic mass is 32.2. The van der Waals surface area contributed by atoms with E-state index < -0.39 is 0 Å². The van der Waals surface area contributed by atoms with Crippen molar-refractivity contribution in [1.29, 1.82) is 0 Å². The van der Waals surface area contributed by atoms with E-state index in [1.165, 1.54) is 5.56 Å². The zero-order chi connectivity index (χ0) is 10.1. The molecule has 1 N–H and O–H groups in total. The molecule has 0 fully saturated rings. The molecule has 0 saturated carbocycles. The molecule has 76 valence electrons. The molecule has 0 spiro atoms. The van der Waals surface area contributed by atoms with Gasteiger partial charge in [0.25, 0.3) is 0 Å². The fraction of sp³-hybridized carbons (Fsp3) is 0.222. The lowest BCUT2D eigenvalue weighted by molar-refractivity contribution is 0.657. The van der Waals surface area contributed by atoms with Crippen LogP contribution in [-0.2, 0) is 0 Å². The highest BCUT2D eigenvalue weighted by Gasteiger charge is 2.20. The van der Waals surface area contributed by atoms with Crippen molar-refractivity contribution in [2.24, 2.45) is 0 Å². The van der Waals surface area contributed by atoms with Gasteiger partial charge in [0, 0.05) is 18.1 Å². The molecule has 2 aromatic rings. The van der Waals surface area contributed by atoms with Gasteiger partial charge in [-0.15, -0.1) is 10.2 Å². The molecule has 0 radical (unpaired) electrons. The molecule has 1 atom stereocenters. The minimum absolute atomic E-state index is 0.271. The monoisotopic (exact) mass is 219 g/mol. The first kappa shape index (κ1) is 8.72. The standard InChI is InChI=1S/C9H9N5S/c1-2-7(4-10-3-1)8-5-15-9-12-11-6-14(9)13-8/h1-4,6,8,13H,5H2. The van der Waals surface area contributed by atoms with Gasteiger partial charge in [0.2, 0.25) is 5.16 Å². The Hall–Kier alpha value is -1.56. The van der Waals surface area contributed by atoms with Crippen LogP contribution in [0.25, 0.3) is 0 Å². The van der Waals surface area contributed by atoms with E-state index in [1.54, 1.807) is 24.3 Å². The Morgan fingerprint density at radius 3 is 3.40 bits per heavy atom. The van der Waals surface area contributed by atoms with Crippen LogP contribution in [0.3, 0.4) is 0 Å². The summed E-state index contributed by atoms with van der Waals surface area (Å²) in [6, 6.07) is 4.29. The van der Waals surface area contributed by atoms with Crippen molar-refractivity contribution in [2.45, 2.75) is 11.2 Å². The highest BCUT2D eigenvalue weighted by molar-refractivity contribution is 7.99. The van der Waals surface area contributed by atoms with Crippen LogP contribution < -0.4 is 5.43 Å². The third kappa shape index (κ3) is 1.56. The first-order valence-corrected chi connectivity index (χ1v) is 5.61. The molecule has 0 amide bonds. The molecular weight excluding hydrogens is 210 g/mol. The van der Waals surface area contributed by atoms with Crippen LogP contribution in [0.4, 0.5) is 0 Å². The van der Waals surface area contributed by atoms with Gasteiger partial charge in [0.1, 0.15) is 6.33 Å². The summed E-state index contributed by atoms with van der Waals surface area (Å²) in [6.07, 6.45) is 5.35. The molecule has 1 unspecified atom stereocenters. The van der Waals surface area contributed by atoms with E-state index in [-0.39, 0.29) is 6.04 Å². The number of hydrogen-bond acceptors (Lipinski definition) is 5. The second-order valence-corrected chi connectivity index (χ2v) is 4.25. The van der Waals surface area contributed by atoms with Gasteiger partial charge in [-0.25, -0.2) is 4.68 Å². The van der Waals surface area contributed by atoms with E-state index in [0.29, 0.717) is 0 Å². The molecule has 2 aromatic heterocycles. The molecule has 0 bridgehead atoms. The maximum absolute atomic E-state index is 4.11. The van der Waals surface area contributed by atoms with Crippen molar-refractivity contribution in [1.82, 2.24) is 19.9 Å². The molecule has 3 heterocycles. The highest BCUT2D eigenvalue weighted by Crippen LogP contribution is 2.27. The van der Waals surface area contributed by atoms with Gasteiger partial charge >= 0.3 is 0 Å². The predicted molar refractivity (Wildman–Crippen MR) is 57.1 cm³/mol. The number of rotatable bonds is 1. The van der Waals surface area contributed by atoms with Crippen molar-refractivity contribution < 1.29 is 0 Å². The summed E-state index contributed by atoms with van der Waals surface area (Å²) < 4.78 is 1.85. The lowest BCUT2D eigenvalue weighted by Crippen LogP contribution is -2.27. The minimum Gasteiger partial charge on any atom is -0.314 e. The lowest BCUT2D eigenvalue weighted by Gasteiger charge is -2.24. The maximum Gasteiger partial charge on any atom is 0.209 e. The van der Waals surface area contributed by atoms with Crippen LogP contribution in [0.1, 0.15) is 11.6 Å². The maximum atomic E-state index is 4.11. The molecule has 6 heteroatoms. The average molecular weight is 219 g/mol. The lowest BCUT2D eigenvalue weighted by atomic mass is 10.1. The van der Waals surface area contributed by atoms with Crippen molar-refractivity contribution >= 4 is 11.8 Å². The SMILES string of the molecule is c1cncc(C2CSc3nncn3N2)c1. The molecule has 3 rings (SSSR count). The van der Waals surface area contributed by atoms with Gasteiger partial charge in [-0.05, 0) is 11.6 Å². The van der Waals surface area contributed by atoms with Crippen molar-refractivity contribution in [3.05, 3.63) is 36.4 Å². The number of nitrogens with one attached hydrogen (secondary N) is 1. The Morgan fingerprint density at radius 1 is 1.53 bits per heavy atom. The molecule has 15 heavy (non-hydrogen) atoms. The van der Waals surface area contributed by atoms with E-state index in [1.807, 2.05) is 16.9 Å². The molecule has 0 aromatic carbocycles. The smallest absolute Gasteiger partial charge is 0.209 e. The van der Waals surface area contributed by atoms with Gasteiger partial charge in [0.15, 0.2) is 0 Å². The number of hydrogen-bond donors (Lipinski definition) is 1. The van der Waals surface area contributed by atoms with Crippen LogP contribution >= 0.6 is 11.8 Å². The van der Waals surface area contributed by atoms with Gasteiger partial charge in [-0.1, -0.05) is 17.8 Å². The number of nitrogens with zero attached hydrogens (tertiary/aromatic N) is 4. The van der Waals surface area contributed by atoms with Crippen LogP contribution in [0, 0.1) is 0 Å². The van der Waals surface area contributed by atoms with Crippen LogP contribution in [0.15, 0.2) is 36.0 Å². The van der Waals surface area contributed by atoms with Crippen LogP contribution in [0.2, 0.25) is 0 Å². The van der Waals surface area contributed by atoms with Gasteiger partial charge in [-0.3, -0.25) is 4.98 Å². The first-order valence-electron chi connectivity index (χ1n) is 4.63. The van der Waals surface area contributed by atoms with E-state index in [2.05, 4.69) is 26.7 Å². The summed E-state index contributed by atoms with van der Waals surface area (Å²) in [5.74, 6) is 0.949. The van der Waals surface area contributed by atoms with Gasteiger partial charge in [-0.2, -0.15) is 0 Å². The number of fused-ring (bicyclic) bond motifs is 1. The van der Waals surface area contributed by atoms with E-state index in [0.717, 1.165) is 10.9 Å². The predicted octanol–water partition coefficient (Wildman–Crippen LogP) is 1.06. The van der Waals surface area contributed by atoms with Crippen LogP contribution in [0.5, 0.6) is 0 Å². The van der Waals surface area contributed by atoms with Crippen molar-refractivity contribution in [3.63, 3.8) is 0 Å². The Bertz CT molecular complexity index is 455. The first-order chi connectivity index (χ1) is 7.43. The Labute approximate surface area is 90.9 Å². The normalized spacial score (nSPS) is 19.3. The average Bonchev–Trinajstić information content (AvgIpc) is 2.77. The number of aromatic nitrogens is 4. The van der Waals surface area contributed by atoms with E-state index >= 15 is 0 Å². The van der Waals surface area contributed by atoms with E-state index in [9.17, 15) is 0 Å². The Morgan fingerprint density at radius 2 is 2.53 bits per heavy atom. The summed E-state index contributed by atoms with van der Waals surface area (Å²) in [5.41, 5.74) is 4.51. The summed E-state index contributed by atoms with van der Waals surface area (Å²) in [7, 11) is 0. The third-order valence-corrected chi connectivity index (χ3v) is 3.31. The quantitative estimate of drug-likeness (QED) is 0.777. The molecule has 0 aliphatic carbocycles. The summed E-state index contributed by atoms with van der Waals surface area (Å²) in [5, 5.41) is 8.74. The molecule has 1 aliphatic heterocycles.